The average molecular weight is 263 g/mol. The molecule has 2 rings (SSSR count). The fraction of sp³-hybridized carbons (Fsp3) is 0.625. The van der Waals surface area contributed by atoms with Crippen molar-refractivity contribution in [2.45, 2.75) is 45.8 Å². The molecule has 1 aromatic carbocycles. The van der Waals surface area contributed by atoms with E-state index in [0.717, 1.165) is 43.0 Å². The lowest BCUT2D eigenvalue weighted by atomic mass is 10.1. The summed E-state index contributed by atoms with van der Waals surface area (Å²) in [4.78, 5) is 2.51. The highest BCUT2D eigenvalue weighted by molar-refractivity contribution is 5.39. The summed E-state index contributed by atoms with van der Waals surface area (Å²) in [5, 5.41) is 0. The van der Waals surface area contributed by atoms with Crippen molar-refractivity contribution in [1.29, 1.82) is 0 Å². The zero-order valence-corrected chi connectivity index (χ0v) is 12.5. The molecule has 1 aliphatic rings. The predicted molar refractivity (Wildman–Crippen MR) is 78.1 cm³/mol. The normalized spacial score (nSPS) is 17.7. The lowest BCUT2D eigenvalue weighted by Gasteiger charge is -2.34. The number of hydrogen-bond donors (Lipinski definition) is 0. The van der Waals surface area contributed by atoms with E-state index in [4.69, 9.17) is 9.47 Å². The number of hydrogen-bond acceptors (Lipinski definition) is 3. The highest BCUT2D eigenvalue weighted by Gasteiger charge is 2.22. The van der Waals surface area contributed by atoms with Crippen molar-refractivity contribution >= 4 is 0 Å². The summed E-state index contributed by atoms with van der Waals surface area (Å²) in [6.07, 6.45) is 2.55. The first-order chi connectivity index (χ1) is 9.10. The molecule has 1 aromatic rings. The number of rotatable bonds is 4. The van der Waals surface area contributed by atoms with Gasteiger partial charge in [0.25, 0.3) is 0 Å². The van der Waals surface area contributed by atoms with Crippen LogP contribution in [0.2, 0.25) is 0 Å². The van der Waals surface area contributed by atoms with Gasteiger partial charge in [-0.1, -0.05) is 6.07 Å². The Kier molecular flexibility index (Phi) is 4.70. The van der Waals surface area contributed by atoms with Crippen LogP contribution >= 0.6 is 0 Å². The first-order valence-corrected chi connectivity index (χ1v) is 7.15. The lowest BCUT2D eigenvalue weighted by Crippen LogP contribution is -2.41. The average Bonchev–Trinajstić information content (AvgIpc) is 2.41. The number of ether oxygens (including phenoxy) is 2. The largest absolute Gasteiger partial charge is 0.496 e. The molecular weight excluding hydrogens is 238 g/mol. The minimum Gasteiger partial charge on any atom is -0.496 e. The molecular formula is C16H25NO2. The van der Waals surface area contributed by atoms with Crippen LogP contribution < -0.4 is 9.47 Å². The molecule has 106 valence electrons. The Morgan fingerprint density at radius 2 is 1.89 bits per heavy atom. The van der Waals surface area contributed by atoms with Gasteiger partial charge in [-0.25, -0.2) is 0 Å². The third-order valence-corrected chi connectivity index (χ3v) is 3.89. The SMILES string of the molecule is COc1cc(OC2CCN(C(C)C)CC2)ccc1C. The number of aryl methyl sites for hydroxylation is 1. The molecule has 0 saturated carbocycles. The van der Waals surface area contributed by atoms with Crippen LogP contribution in [-0.4, -0.2) is 37.2 Å². The van der Waals surface area contributed by atoms with Crippen molar-refractivity contribution in [2.24, 2.45) is 0 Å². The molecule has 3 heteroatoms. The summed E-state index contributed by atoms with van der Waals surface area (Å²) in [5.74, 6) is 1.82. The molecule has 1 heterocycles. The highest BCUT2D eigenvalue weighted by atomic mass is 16.5. The van der Waals surface area contributed by atoms with Crippen molar-refractivity contribution in [1.82, 2.24) is 4.90 Å². The topological polar surface area (TPSA) is 21.7 Å². The lowest BCUT2D eigenvalue weighted by molar-refractivity contribution is 0.0841. The van der Waals surface area contributed by atoms with E-state index in [0.29, 0.717) is 12.1 Å². The van der Waals surface area contributed by atoms with Gasteiger partial charge in [0, 0.05) is 25.2 Å². The smallest absolute Gasteiger partial charge is 0.125 e. The molecule has 0 N–H and O–H groups in total. The van der Waals surface area contributed by atoms with Crippen LogP contribution in [0.4, 0.5) is 0 Å². The van der Waals surface area contributed by atoms with Crippen LogP contribution in [0, 0.1) is 6.92 Å². The third-order valence-electron chi connectivity index (χ3n) is 3.89. The van der Waals surface area contributed by atoms with Crippen LogP contribution in [0.3, 0.4) is 0 Å². The Balaban J connectivity index is 1.92. The maximum atomic E-state index is 6.07. The van der Waals surface area contributed by atoms with Crippen molar-refractivity contribution in [3.63, 3.8) is 0 Å². The van der Waals surface area contributed by atoms with E-state index in [-0.39, 0.29) is 0 Å². The zero-order chi connectivity index (χ0) is 13.8. The van der Waals surface area contributed by atoms with Gasteiger partial charge in [-0.15, -0.1) is 0 Å². The maximum Gasteiger partial charge on any atom is 0.125 e. The fourth-order valence-electron chi connectivity index (χ4n) is 2.58. The molecule has 0 aliphatic carbocycles. The molecule has 1 aliphatic heterocycles. The molecule has 0 unspecified atom stereocenters. The van der Waals surface area contributed by atoms with Crippen LogP contribution in [0.5, 0.6) is 11.5 Å². The van der Waals surface area contributed by atoms with Crippen molar-refractivity contribution in [3.05, 3.63) is 23.8 Å². The van der Waals surface area contributed by atoms with Gasteiger partial charge >= 0.3 is 0 Å². The molecule has 0 atom stereocenters. The highest BCUT2D eigenvalue weighted by Crippen LogP contribution is 2.26. The Bertz CT molecular complexity index is 409. The van der Waals surface area contributed by atoms with Gasteiger partial charge in [-0.05, 0) is 45.2 Å². The Hall–Kier alpha value is -1.22. The summed E-state index contributed by atoms with van der Waals surface area (Å²) >= 11 is 0. The standard InChI is InChI=1S/C16H25NO2/c1-12(2)17-9-7-14(8-10-17)19-15-6-5-13(3)16(11-15)18-4/h5-6,11-12,14H,7-10H2,1-4H3. The minimum atomic E-state index is 0.336. The van der Waals surface area contributed by atoms with Crippen LogP contribution in [0.25, 0.3) is 0 Å². The van der Waals surface area contributed by atoms with Gasteiger partial charge < -0.3 is 14.4 Å². The Labute approximate surface area is 116 Å². The van der Waals surface area contributed by atoms with Gasteiger partial charge in [0.05, 0.1) is 7.11 Å². The zero-order valence-electron chi connectivity index (χ0n) is 12.5. The monoisotopic (exact) mass is 263 g/mol. The van der Waals surface area contributed by atoms with E-state index >= 15 is 0 Å². The first-order valence-electron chi connectivity index (χ1n) is 7.15. The van der Waals surface area contributed by atoms with Crippen LogP contribution in [0.15, 0.2) is 18.2 Å². The molecule has 0 bridgehead atoms. The number of likely N-dealkylation sites (tertiary alicyclic amines) is 1. The first kappa shape index (κ1) is 14.2. The van der Waals surface area contributed by atoms with Gasteiger partial charge in [-0.2, -0.15) is 0 Å². The minimum absolute atomic E-state index is 0.336. The Morgan fingerprint density at radius 1 is 1.21 bits per heavy atom. The third kappa shape index (κ3) is 3.63. The van der Waals surface area contributed by atoms with E-state index in [2.05, 4.69) is 24.8 Å². The number of nitrogens with zero attached hydrogens (tertiary/aromatic N) is 1. The summed E-state index contributed by atoms with van der Waals surface area (Å²) in [7, 11) is 1.70. The molecule has 19 heavy (non-hydrogen) atoms. The van der Waals surface area contributed by atoms with Gasteiger partial charge in [-0.3, -0.25) is 0 Å². The second-order valence-corrected chi connectivity index (χ2v) is 5.58. The second-order valence-electron chi connectivity index (χ2n) is 5.58. The number of methoxy groups -OCH3 is 1. The van der Waals surface area contributed by atoms with Gasteiger partial charge in [0.2, 0.25) is 0 Å². The van der Waals surface area contributed by atoms with E-state index in [1.807, 2.05) is 19.1 Å². The van der Waals surface area contributed by atoms with Gasteiger partial charge in [0.1, 0.15) is 17.6 Å². The molecule has 0 amide bonds. The molecule has 1 fully saturated rings. The van der Waals surface area contributed by atoms with E-state index in [1.54, 1.807) is 7.11 Å². The van der Waals surface area contributed by atoms with Crippen LogP contribution in [-0.2, 0) is 0 Å². The van der Waals surface area contributed by atoms with Gasteiger partial charge in [0.15, 0.2) is 0 Å². The molecule has 3 nitrogen and oxygen atoms in total. The number of piperidine rings is 1. The summed E-state index contributed by atoms with van der Waals surface area (Å²) < 4.78 is 11.4. The van der Waals surface area contributed by atoms with E-state index < -0.39 is 0 Å². The summed E-state index contributed by atoms with van der Waals surface area (Å²) in [5.41, 5.74) is 1.14. The molecule has 1 saturated heterocycles. The summed E-state index contributed by atoms with van der Waals surface area (Å²) in [6, 6.07) is 6.72. The van der Waals surface area contributed by atoms with E-state index in [9.17, 15) is 0 Å². The second kappa shape index (κ2) is 6.29. The maximum absolute atomic E-state index is 6.07. The quantitative estimate of drug-likeness (QED) is 0.832. The Morgan fingerprint density at radius 3 is 2.47 bits per heavy atom. The van der Waals surface area contributed by atoms with Crippen molar-refractivity contribution in [3.8, 4) is 11.5 Å². The van der Waals surface area contributed by atoms with Crippen molar-refractivity contribution < 1.29 is 9.47 Å². The molecule has 0 spiro atoms. The van der Waals surface area contributed by atoms with E-state index in [1.165, 1.54) is 0 Å². The number of benzene rings is 1. The summed E-state index contributed by atoms with van der Waals surface area (Å²) in [6.45, 7) is 8.82. The fourth-order valence-corrected chi connectivity index (χ4v) is 2.58. The van der Waals surface area contributed by atoms with Crippen LogP contribution in [0.1, 0.15) is 32.3 Å². The van der Waals surface area contributed by atoms with Crippen molar-refractivity contribution in [2.75, 3.05) is 20.2 Å². The predicted octanol–water partition coefficient (Wildman–Crippen LogP) is 3.26. The molecule has 0 radical (unpaired) electrons. The molecule has 0 aromatic heterocycles.